The van der Waals surface area contributed by atoms with Gasteiger partial charge >= 0.3 is 0 Å². The zero-order chi connectivity index (χ0) is 18.4. The lowest BCUT2D eigenvalue weighted by Crippen LogP contribution is -3.00. The van der Waals surface area contributed by atoms with Crippen LogP contribution in [0.3, 0.4) is 0 Å². The average molecular weight is 381 g/mol. The Morgan fingerprint density at radius 3 is 2.35 bits per heavy atom. The molecule has 0 spiro atoms. The minimum absolute atomic E-state index is 0. The van der Waals surface area contributed by atoms with E-state index in [1.165, 1.54) is 6.07 Å². The number of halogens is 2. The van der Waals surface area contributed by atoms with Crippen molar-refractivity contribution in [3.05, 3.63) is 71.0 Å². The molecule has 0 fully saturated rings. The third-order valence-corrected chi connectivity index (χ3v) is 4.40. The monoisotopic (exact) mass is 380 g/mol. The number of primary amides is 1. The van der Waals surface area contributed by atoms with Crippen molar-refractivity contribution < 1.29 is 31.2 Å². The number of amides is 1. The highest BCUT2D eigenvalue weighted by molar-refractivity contribution is 5.92. The van der Waals surface area contributed by atoms with Crippen LogP contribution in [-0.4, -0.2) is 42.7 Å². The summed E-state index contributed by atoms with van der Waals surface area (Å²) in [6, 6.07) is 13.6. The van der Waals surface area contributed by atoms with Crippen LogP contribution in [0.2, 0.25) is 0 Å². The number of aryl methyl sites for hydroxylation is 1. The van der Waals surface area contributed by atoms with Crippen molar-refractivity contribution in [2.24, 2.45) is 5.73 Å². The quantitative estimate of drug-likeness (QED) is 0.616. The third-order valence-electron chi connectivity index (χ3n) is 4.40. The molecule has 0 aliphatic carbocycles. The first-order valence-corrected chi connectivity index (χ1v) is 8.42. The molecule has 2 aromatic carbocycles. The molecule has 0 saturated heterocycles. The van der Waals surface area contributed by atoms with Gasteiger partial charge in [0.1, 0.15) is 18.5 Å². The third kappa shape index (κ3) is 6.41. The van der Waals surface area contributed by atoms with E-state index < -0.39 is 12.0 Å². The predicted molar refractivity (Wildman–Crippen MR) is 96.5 cm³/mol. The second kappa shape index (κ2) is 9.67. The van der Waals surface area contributed by atoms with Crippen LogP contribution in [0.15, 0.2) is 48.5 Å². The first-order valence-electron chi connectivity index (χ1n) is 8.42. The predicted octanol–water partition coefficient (Wildman–Crippen LogP) is -0.329. The molecule has 1 unspecified atom stereocenters. The van der Waals surface area contributed by atoms with Gasteiger partial charge in [-0.1, -0.05) is 30.3 Å². The summed E-state index contributed by atoms with van der Waals surface area (Å²) >= 11 is 0. The number of carbonyl (C=O) groups is 1. The Morgan fingerprint density at radius 1 is 1.15 bits per heavy atom. The summed E-state index contributed by atoms with van der Waals surface area (Å²) in [4.78, 5) is 11.1. The summed E-state index contributed by atoms with van der Waals surface area (Å²) in [5, 5.41) is 10.3. The van der Waals surface area contributed by atoms with Crippen LogP contribution in [0, 0.1) is 5.82 Å². The number of quaternary nitrogens is 1. The number of carbonyl (C=O) groups excluding carboxylic acids is 1. The van der Waals surface area contributed by atoms with E-state index in [-0.39, 0.29) is 18.2 Å². The lowest BCUT2D eigenvalue weighted by atomic mass is 10.1. The van der Waals surface area contributed by atoms with Crippen molar-refractivity contribution in [3.63, 3.8) is 0 Å². The molecule has 0 aliphatic heterocycles. The number of benzene rings is 2. The van der Waals surface area contributed by atoms with Crippen molar-refractivity contribution >= 4 is 5.91 Å². The Morgan fingerprint density at radius 2 is 1.77 bits per heavy atom. The zero-order valence-electron chi connectivity index (χ0n) is 15.2. The molecule has 4 nitrogen and oxygen atoms in total. The van der Waals surface area contributed by atoms with E-state index in [9.17, 15) is 14.3 Å². The van der Waals surface area contributed by atoms with E-state index in [4.69, 9.17) is 5.73 Å². The van der Waals surface area contributed by atoms with Gasteiger partial charge in [0, 0.05) is 17.5 Å². The molecule has 142 valence electrons. The molecular formula is C20H26ClFN2O2. The smallest absolute Gasteiger partial charge is 0.248 e. The van der Waals surface area contributed by atoms with Gasteiger partial charge in [0.2, 0.25) is 5.91 Å². The van der Waals surface area contributed by atoms with Crippen LogP contribution < -0.4 is 18.1 Å². The van der Waals surface area contributed by atoms with Gasteiger partial charge in [-0.2, -0.15) is 0 Å². The van der Waals surface area contributed by atoms with Gasteiger partial charge in [-0.15, -0.1) is 0 Å². The number of likely N-dealkylation sites (N-methyl/N-ethyl adjacent to an activating group) is 1. The summed E-state index contributed by atoms with van der Waals surface area (Å²) in [5.41, 5.74) is 7.22. The summed E-state index contributed by atoms with van der Waals surface area (Å²) in [6.45, 7) is 1.30. The van der Waals surface area contributed by atoms with E-state index in [0.29, 0.717) is 22.2 Å². The molecule has 26 heavy (non-hydrogen) atoms. The minimum Gasteiger partial charge on any atom is -1.00 e. The van der Waals surface area contributed by atoms with Crippen LogP contribution in [0.25, 0.3) is 0 Å². The summed E-state index contributed by atoms with van der Waals surface area (Å²) in [6.07, 6.45) is 0.967. The fraction of sp³-hybridized carbons (Fsp3) is 0.350. The van der Waals surface area contributed by atoms with Crippen molar-refractivity contribution in [1.29, 1.82) is 0 Å². The molecule has 3 N–H and O–H groups in total. The first kappa shape index (κ1) is 22.1. The summed E-state index contributed by atoms with van der Waals surface area (Å²) in [7, 11) is 4.06. The molecule has 0 aliphatic rings. The molecule has 0 heterocycles. The van der Waals surface area contributed by atoms with Crippen LogP contribution in [0.4, 0.5) is 4.39 Å². The Bertz CT molecular complexity index is 720. The highest BCUT2D eigenvalue weighted by atomic mass is 35.5. The van der Waals surface area contributed by atoms with Gasteiger partial charge in [0.15, 0.2) is 0 Å². The Kier molecular flexibility index (Phi) is 8.21. The average Bonchev–Trinajstić information content (AvgIpc) is 2.55. The SMILES string of the molecule is C[N+](C)(CCCc1ccc(C(N)=O)cc1)CC(O)c1ccccc1F.[Cl-]. The van der Waals surface area contributed by atoms with Crippen molar-refractivity contribution in [3.8, 4) is 0 Å². The maximum atomic E-state index is 13.8. The van der Waals surface area contributed by atoms with Crippen molar-refractivity contribution in [2.75, 3.05) is 27.2 Å². The van der Waals surface area contributed by atoms with Crippen LogP contribution in [0.1, 0.15) is 34.0 Å². The minimum atomic E-state index is -0.828. The van der Waals surface area contributed by atoms with Gasteiger partial charge in [0.25, 0.3) is 0 Å². The first-order chi connectivity index (χ1) is 11.8. The van der Waals surface area contributed by atoms with E-state index in [0.717, 1.165) is 24.9 Å². The summed E-state index contributed by atoms with van der Waals surface area (Å²) in [5.74, 6) is -0.795. The highest BCUT2D eigenvalue weighted by Crippen LogP contribution is 2.20. The molecule has 0 saturated carbocycles. The maximum Gasteiger partial charge on any atom is 0.248 e. The Hall–Kier alpha value is -1.95. The molecule has 0 aromatic heterocycles. The second-order valence-electron chi connectivity index (χ2n) is 7.04. The molecule has 0 radical (unpaired) electrons. The van der Waals surface area contributed by atoms with Crippen molar-refractivity contribution in [2.45, 2.75) is 18.9 Å². The summed E-state index contributed by atoms with van der Waals surface area (Å²) < 4.78 is 14.4. The number of nitrogens with zero attached hydrogens (tertiary/aromatic N) is 1. The van der Waals surface area contributed by atoms with Gasteiger partial charge in [-0.25, -0.2) is 4.39 Å². The fourth-order valence-corrected chi connectivity index (χ4v) is 2.95. The molecular weight excluding hydrogens is 355 g/mol. The fourth-order valence-electron chi connectivity index (χ4n) is 2.95. The standard InChI is InChI=1S/C20H25FN2O2.ClH/c1-23(2,14-19(24)17-7-3-4-8-18(17)21)13-5-6-15-9-11-16(12-10-15)20(22)25;/h3-4,7-12,19,24H,5-6,13-14H2,1-2H3,(H-,22,25);1H. The number of hydrogen-bond donors (Lipinski definition) is 2. The Labute approximate surface area is 160 Å². The number of rotatable bonds is 8. The molecule has 1 atom stereocenters. The van der Waals surface area contributed by atoms with Crippen LogP contribution >= 0.6 is 0 Å². The number of aliphatic hydroxyl groups excluding tert-OH is 1. The van der Waals surface area contributed by atoms with Crippen LogP contribution in [-0.2, 0) is 6.42 Å². The van der Waals surface area contributed by atoms with Crippen LogP contribution in [0.5, 0.6) is 0 Å². The molecule has 1 amide bonds. The van der Waals surface area contributed by atoms with Gasteiger partial charge in [-0.05, 0) is 30.2 Å². The van der Waals surface area contributed by atoms with Gasteiger partial charge < -0.3 is 27.7 Å². The molecule has 2 rings (SSSR count). The van der Waals surface area contributed by atoms with E-state index >= 15 is 0 Å². The lowest BCUT2D eigenvalue weighted by Gasteiger charge is -2.32. The normalized spacial score (nSPS) is 12.3. The zero-order valence-corrected chi connectivity index (χ0v) is 15.9. The van der Waals surface area contributed by atoms with E-state index in [1.807, 2.05) is 26.2 Å². The Balaban J connectivity index is 0.00000338. The lowest BCUT2D eigenvalue weighted by molar-refractivity contribution is -0.894. The number of aliphatic hydroxyl groups is 1. The largest absolute Gasteiger partial charge is 1.00 e. The van der Waals surface area contributed by atoms with Crippen molar-refractivity contribution in [1.82, 2.24) is 0 Å². The maximum absolute atomic E-state index is 13.8. The van der Waals surface area contributed by atoms with E-state index in [2.05, 4.69) is 0 Å². The van der Waals surface area contributed by atoms with E-state index in [1.54, 1.807) is 30.3 Å². The highest BCUT2D eigenvalue weighted by Gasteiger charge is 2.23. The number of nitrogens with two attached hydrogens (primary N) is 1. The second-order valence-corrected chi connectivity index (χ2v) is 7.04. The number of hydrogen-bond acceptors (Lipinski definition) is 2. The molecule has 2 aromatic rings. The van der Waals surface area contributed by atoms with Gasteiger partial charge in [0.05, 0.1) is 20.6 Å². The topological polar surface area (TPSA) is 63.3 Å². The molecule has 0 bridgehead atoms. The van der Waals surface area contributed by atoms with Gasteiger partial charge in [-0.3, -0.25) is 4.79 Å². The molecule has 6 heteroatoms.